The van der Waals surface area contributed by atoms with E-state index in [4.69, 9.17) is 19.4 Å². The van der Waals surface area contributed by atoms with Crippen molar-refractivity contribution in [2.45, 2.75) is 0 Å². The van der Waals surface area contributed by atoms with E-state index >= 15 is 0 Å². The maximum atomic E-state index is 6.21. The van der Waals surface area contributed by atoms with Gasteiger partial charge in [0.15, 0.2) is 17.5 Å². The normalized spacial score (nSPS) is 11.9. The lowest BCUT2D eigenvalue weighted by molar-refractivity contribution is 0.669. The molecular weight excluding hydrogens is 623 g/mol. The van der Waals surface area contributed by atoms with Gasteiger partial charge in [-0.15, -0.1) is 0 Å². The summed E-state index contributed by atoms with van der Waals surface area (Å²) in [5.41, 5.74) is 11.9. The first-order valence-electron chi connectivity index (χ1n) is 17.2. The summed E-state index contributed by atoms with van der Waals surface area (Å²) in [6.07, 6.45) is 0. The first kappa shape index (κ1) is 28.0. The molecule has 4 nitrogen and oxygen atoms in total. The van der Waals surface area contributed by atoms with Crippen molar-refractivity contribution in [3.63, 3.8) is 0 Å². The van der Waals surface area contributed by atoms with E-state index in [1.165, 1.54) is 33.0 Å². The molecule has 0 saturated carbocycles. The first-order chi connectivity index (χ1) is 25.3. The van der Waals surface area contributed by atoms with Crippen LogP contribution in [0.2, 0.25) is 0 Å². The zero-order valence-electron chi connectivity index (χ0n) is 27.3. The van der Waals surface area contributed by atoms with Crippen LogP contribution in [-0.4, -0.2) is 15.0 Å². The molecule has 0 saturated heterocycles. The Morgan fingerprint density at radius 1 is 0.314 bits per heavy atom. The zero-order chi connectivity index (χ0) is 33.5. The Balaban J connectivity index is 1.08. The Morgan fingerprint density at radius 2 is 0.961 bits per heavy atom. The lowest BCUT2D eigenvalue weighted by Gasteiger charge is -2.12. The number of hydrogen-bond donors (Lipinski definition) is 0. The molecule has 1 aliphatic carbocycles. The van der Waals surface area contributed by atoms with Gasteiger partial charge < -0.3 is 4.42 Å². The van der Waals surface area contributed by atoms with Crippen LogP contribution in [0.4, 0.5) is 0 Å². The highest BCUT2D eigenvalue weighted by atomic mass is 16.3. The summed E-state index contributed by atoms with van der Waals surface area (Å²) in [5, 5.41) is 7.01. The quantitative estimate of drug-likeness (QED) is 0.190. The first-order valence-corrected chi connectivity index (χ1v) is 17.2. The second-order valence-corrected chi connectivity index (χ2v) is 13.2. The summed E-state index contributed by atoms with van der Waals surface area (Å²) >= 11 is 0. The SMILES string of the molecule is c1ccc(-c2nc(-c3ccc4c(c3)-c3cccc5cccc-4c35)nc(-c3cccc4cc(-c5cccc6oc7ccccc7c56)ccc34)n2)cc1. The Bertz CT molecular complexity index is 3030. The minimum absolute atomic E-state index is 0.644. The molecule has 0 unspecified atom stereocenters. The Morgan fingerprint density at radius 3 is 1.82 bits per heavy atom. The lowest BCUT2D eigenvalue weighted by Crippen LogP contribution is -2.00. The smallest absolute Gasteiger partial charge is 0.164 e. The molecule has 2 aromatic heterocycles. The maximum Gasteiger partial charge on any atom is 0.164 e. The van der Waals surface area contributed by atoms with E-state index in [-0.39, 0.29) is 0 Å². The summed E-state index contributed by atoms with van der Waals surface area (Å²) < 4.78 is 6.21. The molecule has 4 heteroatoms. The van der Waals surface area contributed by atoms with Crippen molar-refractivity contribution >= 4 is 43.5 Å². The van der Waals surface area contributed by atoms with Gasteiger partial charge in [0, 0.05) is 27.5 Å². The molecule has 0 radical (unpaired) electrons. The summed E-state index contributed by atoms with van der Waals surface area (Å²) in [4.78, 5) is 15.4. The van der Waals surface area contributed by atoms with Crippen molar-refractivity contribution in [3.8, 4) is 67.5 Å². The molecule has 0 atom stereocenters. The molecule has 0 aliphatic heterocycles. The van der Waals surface area contributed by atoms with Crippen LogP contribution in [0.1, 0.15) is 0 Å². The van der Waals surface area contributed by atoms with Gasteiger partial charge in [-0.3, -0.25) is 0 Å². The average molecular weight is 650 g/mol. The Kier molecular flexibility index (Phi) is 5.92. The van der Waals surface area contributed by atoms with Crippen molar-refractivity contribution in [1.82, 2.24) is 15.0 Å². The molecule has 1 aliphatic rings. The van der Waals surface area contributed by atoms with Gasteiger partial charge in [-0.1, -0.05) is 140 Å². The Labute approximate surface area is 293 Å². The van der Waals surface area contributed by atoms with E-state index in [9.17, 15) is 0 Å². The average Bonchev–Trinajstić information content (AvgIpc) is 3.74. The fourth-order valence-electron chi connectivity index (χ4n) is 7.93. The molecule has 8 aromatic carbocycles. The van der Waals surface area contributed by atoms with Gasteiger partial charge in [-0.2, -0.15) is 0 Å². The number of benzene rings is 8. The van der Waals surface area contributed by atoms with Crippen LogP contribution < -0.4 is 0 Å². The molecule has 10 aromatic rings. The summed E-state index contributed by atoms with van der Waals surface area (Å²) in [6.45, 7) is 0. The van der Waals surface area contributed by atoms with Crippen LogP contribution >= 0.6 is 0 Å². The van der Waals surface area contributed by atoms with Crippen LogP contribution in [0.5, 0.6) is 0 Å². The third kappa shape index (κ3) is 4.30. The molecular formula is C47H27N3O. The van der Waals surface area contributed by atoms with E-state index < -0.39 is 0 Å². The van der Waals surface area contributed by atoms with Gasteiger partial charge in [-0.25, -0.2) is 15.0 Å². The summed E-state index contributed by atoms with van der Waals surface area (Å²) in [7, 11) is 0. The van der Waals surface area contributed by atoms with Crippen LogP contribution in [0.15, 0.2) is 168 Å². The van der Waals surface area contributed by atoms with Crippen LogP contribution in [0.3, 0.4) is 0 Å². The van der Waals surface area contributed by atoms with Crippen molar-refractivity contribution in [3.05, 3.63) is 164 Å². The number of fused-ring (bicyclic) bond motifs is 7. The van der Waals surface area contributed by atoms with Crippen molar-refractivity contribution < 1.29 is 4.42 Å². The standard InChI is InChI=1S/C47H27N3O/c1-2-10-29(11-3-1)45-48-46(32-23-25-35-36-17-6-12-28-13-7-18-37(43(28)36)40(35)27-32)50-47(49-45)38-19-8-14-30-26-31(22-24-33(30)38)34-16-9-21-42-44(34)39-15-4-5-20-41(39)51-42/h1-27H. The number of rotatable bonds is 4. The van der Waals surface area contributed by atoms with Crippen LogP contribution in [0, 0.1) is 0 Å². The van der Waals surface area contributed by atoms with Crippen LogP contribution in [-0.2, 0) is 0 Å². The maximum absolute atomic E-state index is 6.21. The largest absolute Gasteiger partial charge is 0.456 e. The van der Waals surface area contributed by atoms with E-state index in [2.05, 4.69) is 127 Å². The topological polar surface area (TPSA) is 51.8 Å². The second-order valence-electron chi connectivity index (χ2n) is 13.2. The van der Waals surface area contributed by atoms with E-state index in [1.54, 1.807) is 0 Å². The van der Waals surface area contributed by atoms with Crippen molar-refractivity contribution in [1.29, 1.82) is 0 Å². The van der Waals surface area contributed by atoms with Gasteiger partial charge in [-0.05, 0) is 79.2 Å². The molecule has 0 N–H and O–H groups in total. The van der Waals surface area contributed by atoms with Gasteiger partial charge in [0.05, 0.1) is 0 Å². The highest BCUT2D eigenvalue weighted by molar-refractivity contribution is 6.16. The van der Waals surface area contributed by atoms with E-state index in [0.29, 0.717) is 17.5 Å². The molecule has 0 spiro atoms. The summed E-state index contributed by atoms with van der Waals surface area (Å²) in [5.74, 6) is 1.94. The Hall–Kier alpha value is -6.91. The number of hydrogen-bond acceptors (Lipinski definition) is 4. The molecule has 11 rings (SSSR count). The molecule has 2 heterocycles. The summed E-state index contributed by atoms with van der Waals surface area (Å²) in [6, 6.07) is 57.4. The van der Waals surface area contributed by atoms with E-state index in [1.807, 2.05) is 36.4 Å². The number of furan rings is 1. The van der Waals surface area contributed by atoms with Crippen molar-refractivity contribution in [2.24, 2.45) is 0 Å². The predicted molar refractivity (Wildman–Crippen MR) is 208 cm³/mol. The minimum atomic E-state index is 0.644. The van der Waals surface area contributed by atoms with Crippen LogP contribution in [0.25, 0.3) is 111 Å². The molecule has 0 amide bonds. The van der Waals surface area contributed by atoms with Gasteiger partial charge in [0.2, 0.25) is 0 Å². The third-order valence-corrected chi connectivity index (χ3v) is 10.3. The van der Waals surface area contributed by atoms with Gasteiger partial charge >= 0.3 is 0 Å². The minimum Gasteiger partial charge on any atom is -0.456 e. The van der Waals surface area contributed by atoms with Crippen molar-refractivity contribution in [2.75, 3.05) is 0 Å². The lowest BCUT2D eigenvalue weighted by atomic mass is 9.95. The fraction of sp³-hybridized carbons (Fsp3) is 0. The van der Waals surface area contributed by atoms with Gasteiger partial charge in [0.1, 0.15) is 11.2 Å². The molecule has 51 heavy (non-hydrogen) atoms. The zero-order valence-corrected chi connectivity index (χ0v) is 27.3. The number of nitrogens with zero attached hydrogens (tertiary/aromatic N) is 3. The predicted octanol–water partition coefficient (Wildman–Crippen LogP) is 12.4. The highest BCUT2D eigenvalue weighted by Gasteiger charge is 2.23. The third-order valence-electron chi connectivity index (χ3n) is 10.3. The monoisotopic (exact) mass is 649 g/mol. The fourth-order valence-corrected chi connectivity index (χ4v) is 7.93. The number of para-hydroxylation sites is 1. The van der Waals surface area contributed by atoms with E-state index in [0.717, 1.165) is 60.5 Å². The molecule has 236 valence electrons. The van der Waals surface area contributed by atoms with Gasteiger partial charge in [0.25, 0.3) is 0 Å². The molecule has 0 bridgehead atoms. The molecule has 0 fully saturated rings. The number of aromatic nitrogens is 3. The second kappa shape index (κ2) is 10.8. The highest BCUT2D eigenvalue weighted by Crippen LogP contribution is 2.48.